The van der Waals surface area contributed by atoms with Crippen LogP contribution >= 0.6 is 15.9 Å². The van der Waals surface area contributed by atoms with Gasteiger partial charge in [0.05, 0.1) is 62.5 Å². The minimum absolute atomic E-state index is 0.336. The summed E-state index contributed by atoms with van der Waals surface area (Å²) in [6.45, 7) is 7.22. The van der Waals surface area contributed by atoms with E-state index in [0.29, 0.717) is 18.1 Å². The highest BCUT2D eigenvalue weighted by Gasteiger charge is 2.31. The minimum atomic E-state index is 0.336. The fraction of sp³-hybridized carbons (Fsp3) is 0.417. The number of alkyl halides is 1. The molecule has 16 heteroatoms. The Morgan fingerprint density at radius 2 is 0.773 bits per heavy atom. The zero-order chi connectivity index (χ0) is 61.8. The van der Waals surface area contributed by atoms with E-state index in [4.69, 9.17) is 37.9 Å². The van der Waals surface area contributed by atoms with Crippen molar-refractivity contribution >= 4 is 48.6 Å². The van der Waals surface area contributed by atoms with Gasteiger partial charge in [-0.05, 0) is 169 Å². The molecule has 0 aliphatic carbocycles. The van der Waals surface area contributed by atoms with E-state index in [1.165, 1.54) is 82.8 Å². The van der Waals surface area contributed by atoms with Crippen molar-refractivity contribution in [2.75, 3.05) is 122 Å². The van der Waals surface area contributed by atoms with Crippen LogP contribution in [0.5, 0.6) is 34.5 Å². The molecule has 0 radical (unpaired) electrons. The number of benzene rings is 6. The van der Waals surface area contributed by atoms with Gasteiger partial charge in [0.25, 0.3) is 0 Å². The minimum Gasteiger partial charge on any atom is -0.493 e. The van der Waals surface area contributed by atoms with Gasteiger partial charge in [-0.25, -0.2) is 0 Å². The number of rotatable bonds is 23. The molecule has 0 spiro atoms. The number of methoxy groups -OCH3 is 9. The number of hydrogen-bond acceptors (Lipinski definition) is 12. The van der Waals surface area contributed by atoms with Gasteiger partial charge >= 0.3 is 0 Å². The maximum Gasteiger partial charge on any atom is 0.161 e. The first-order valence-electron chi connectivity index (χ1n) is 30.8. The number of para-hydroxylation sites is 3. The van der Waals surface area contributed by atoms with Gasteiger partial charge in [-0.2, -0.15) is 0 Å². The van der Waals surface area contributed by atoms with Crippen molar-refractivity contribution < 1.29 is 42.6 Å². The molecule has 9 aromatic rings. The molecule has 470 valence electrons. The first kappa shape index (κ1) is 65.4. The molecular weight excluding hydrogens is 1170 g/mol. The number of H-pyrrole nitrogens is 3. The summed E-state index contributed by atoms with van der Waals surface area (Å²) in [5, 5.41) is 8.56. The maximum absolute atomic E-state index is 5.60. The lowest BCUT2D eigenvalue weighted by atomic mass is 9.88. The topological polar surface area (TPSA) is 149 Å². The van der Waals surface area contributed by atoms with Crippen molar-refractivity contribution in [3.8, 4) is 34.5 Å². The van der Waals surface area contributed by atoms with E-state index in [1.807, 2.05) is 0 Å². The fourth-order valence-electron chi connectivity index (χ4n) is 13.0. The second-order valence-corrected chi connectivity index (χ2v) is 23.2. The second kappa shape index (κ2) is 33.0. The summed E-state index contributed by atoms with van der Waals surface area (Å²) >= 11 is 3.18. The zero-order valence-corrected chi connectivity index (χ0v) is 54.6. The molecule has 3 aliphatic heterocycles. The van der Waals surface area contributed by atoms with Crippen LogP contribution in [0, 0.1) is 0 Å². The second-order valence-electron chi connectivity index (χ2n) is 22.4. The van der Waals surface area contributed by atoms with Crippen LogP contribution in [0.4, 0.5) is 0 Å². The summed E-state index contributed by atoms with van der Waals surface area (Å²) in [7, 11) is 15.4. The third-order valence-electron chi connectivity index (χ3n) is 17.6. The van der Waals surface area contributed by atoms with Crippen LogP contribution in [0.1, 0.15) is 87.5 Å². The molecule has 15 nitrogen and oxygen atoms in total. The molecule has 6 aromatic carbocycles. The van der Waals surface area contributed by atoms with Gasteiger partial charge in [0.2, 0.25) is 0 Å². The average molecular weight is 1260 g/mol. The van der Waals surface area contributed by atoms with Crippen LogP contribution in [0.2, 0.25) is 0 Å². The van der Waals surface area contributed by atoms with Crippen molar-refractivity contribution in [2.24, 2.45) is 0 Å². The highest BCUT2D eigenvalue weighted by molar-refractivity contribution is 9.09. The van der Waals surface area contributed by atoms with Crippen LogP contribution < -0.4 is 33.7 Å². The van der Waals surface area contributed by atoms with Crippen LogP contribution in [0.3, 0.4) is 0 Å². The number of aromatic nitrogens is 3. The van der Waals surface area contributed by atoms with Gasteiger partial charge in [-0.15, -0.1) is 0 Å². The molecule has 3 unspecified atom stereocenters. The molecule has 4 N–H and O–H groups in total. The lowest BCUT2D eigenvalue weighted by molar-refractivity contribution is 0.109. The van der Waals surface area contributed by atoms with E-state index in [1.54, 1.807) is 64.0 Å². The van der Waals surface area contributed by atoms with E-state index >= 15 is 0 Å². The predicted octanol–water partition coefficient (Wildman–Crippen LogP) is 13.8. The molecule has 12 rings (SSSR count). The molecule has 88 heavy (non-hydrogen) atoms. The molecule has 3 aromatic heterocycles. The SMILES string of the molecule is COCCBr.COCCN1CCc2cc(OC)c(OC)cc2C1CCc1c[nH]c2ccccc12.COCCN1CCc2cc(OC)c(OC)cc2C1CCc1c[nH]c2ccccc12.COc1cc2c(cc1OC)C(CCc1c[nH]c3ccccc13)NCC2. The van der Waals surface area contributed by atoms with E-state index in [9.17, 15) is 0 Å². The van der Waals surface area contributed by atoms with Gasteiger partial charge in [0.15, 0.2) is 34.5 Å². The summed E-state index contributed by atoms with van der Waals surface area (Å²) in [6, 6.07) is 39.5. The quantitative estimate of drug-likeness (QED) is 0.0452. The number of nitrogens with one attached hydrogen (secondary N) is 4. The smallest absolute Gasteiger partial charge is 0.161 e. The summed E-state index contributed by atoms with van der Waals surface area (Å²) in [4.78, 5) is 15.3. The Bertz CT molecular complexity index is 3460. The Morgan fingerprint density at radius 3 is 1.14 bits per heavy atom. The Balaban J connectivity index is 0.000000151. The molecule has 6 heterocycles. The molecule has 0 saturated heterocycles. The Morgan fingerprint density at radius 1 is 0.420 bits per heavy atom. The fourth-order valence-corrected chi connectivity index (χ4v) is 13.3. The Labute approximate surface area is 528 Å². The summed E-state index contributed by atoms with van der Waals surface area (Å²) in [5.74, 6) is 4.85. The molecule has 0 saturated carbocycles. The Kier molecular flexibility index (Phi) is 24.5. The van der Waals surface area contributed by atoms with Gasteiger partial charge < -0.3 is 62.9 Å². The highest BCUT2D eigenvalue weighted by atomic mass is 79.9. The maximum atomic E-state index is 5.60. The number of aromatic amines is 3. The van der Waals surface area contributed by atoms with Crippen molar-refractivity contribution in [3.05, 3.63) is 178 Å². The van der Waals surface area contributed by atoms with Gasteiger partial charge in [-0.1, -0.05) is 70.5 Å². The van der Waals surface area contributed by atoms with Crippen molar-refractivity contribution in [1.29, 1.82) is 0 Å². The van der Waals surface area contributed by atoms with E-state index in [2.05, 4.69) is 179 Å². The number of fused-ring (bicyclic) bond motifs is 6. The first-order chi connectivity index (χ1) is 43.2. The first-order valence-corrected chi connectivity index (χ1v) is 32.0. The average Bonchev–Trinajstić information content (AvgIpc) is 1.72. The molecule has 0 amide bonds. The van der Waals surface area contributed by atoms with Crippen molar-refractivity contribution in [1.82, 2.24) is 30.1 Å². The normalized spacial score (nSPS) is 16.2. The van der Waals surface area contributed by atoms with Crippen molar-refractivity contribution in [3.63, 3.8) is 0 Å². The largest absolute Gasteiger partial charge is 0.493 e. The highest BCUT2D eigenvalue weighted by Crippen LogP contribution is 2.43. The van der Waals surface area contributed by atoms with Crippen LogP contribution in [0.25, 0.3) is 32.7 Å². The third-order valence-corrected chi connectivity index (χ3v) is 17.9. The number of hydrogen-bond donors (Lipinski definition) is 4. The Hall–Kier alpha value is -7.02. The molecule has 0 bridgehead atoms. The lowest BCUT2D eigenvalue weighted by Crippen LogP contribution is -2.38. The number of nitrogens with zero attached hydrogens (tertiary/aromatic N) is 2. The number of halogens is 1. The van der Waals surface area contributed by atoms with Crippen LogP contribution in [0.15, 0.2) is 128 Å². The van der Waals surface area contributed by atoms with E-state index in [0.717, 1.165) is 150 Å². The van der Waals surface area contributed by atoms with Crippen molar-refractivity contribution in [2.45, 2.75) is 75.9 Å². The van der Waals surface area contributed by atoms with Gasteiger partial charge in [-0.3, -0.25) is 9.80 Å². The van der Waals surface area contributed by atoms with Gasteiger partial charge in [0, 0.05) is 122 Å². The van der Waals surface area contributed by atoms with E-state index < -0.39 is 0 Å². The summed E-state index contributed by atoms with van der Waals surface area (Å²) < 4.78 is 48.6. The molecule has 3 atom stereocenters. The third kappa shape index (κ3) is 15.9. The zero-order valence-electron chi connectivity index (χ0n) is 53.0. The number of ether oxygens (including phenoxy) is 9. The standard InChI is InChI=1S/2C24H30N2O3.C21H24N2O2.C3H7BrO/c2*1-27-13-12-26-11-10-17-14-23(28-2)24(29-3)15-20(17)22(26)9-8-18-16-25-21-7-5-4-6-19(18)21;1-24-20-11-14-9-10-22-19(17(14)12-21(20)25-2)8-7-15-13-23-18-6-4-3-5-16(15)18;1-5-3-2-4/h2*4-7,14-16,22,25H,8-13H2,1-3H3;3-6,11-13,19,22-23H,7-10H2,1-2H3;2-3H2,1H3. The molecule has 3 aliphatic rings. The molecular formula is C72H91BrN6O9. The summed E-state index contributed by atoms with van der Waals surface area (Å²) in [6.07, 6.45) is 15.7. The van der Waals surface area contributed by atoms with Gasteiger partial charge in [0.1, 0.15) is 0 Å². The lowest BCUT2D eigenvalue weighted by Gasteiger charge is -2.38. The number of aryl methyl sites for hydroxylation is 3. The molecule has 0 fully saturated rings. The predicted molar refractivity (Wildman–Crippen MR) is 358 cm³/mol. The summed E-state index contributed by atoms with van der Waals surface area (Å²) in [5.41, 5.74) is 15.9. The van der Waals surface area contributed by atoms with E-state index in [-0.39, 0.29) is 0 Å². The van der Waals surface area contributed by atoms with Crippen LogP contribution in [-0.4, -0.2) is 147 Å². The monoisotopic (exact) mass is 1260 g/mol. The van der Waals surface area contributed by atoms with Crippen LogP contribution in [-0.2, 0) is 52.7 Å².